The molecule has 0 N–H and O–H groups in total. The van der Waals surface area contributed by atoms with Crippen molar-refractivity contribution in [2.75, 3.05) is 0 Å². The molecule has 3 fully saturated rings. The summed E-state index contributed by atoms with van der Waals surface area (Å²) >= 11 is 0. The lowest BCUT2D eigenvalue weighted by Crippen LogP contribution is -2.46. The Balaban J connectivity index is 1.90. The van der Waals surface area contributed by atoms with Crippen LogP contribution in [0.1, 0.15) is 92.9 Å². The Morgan fingerprint density at radius 1 is 0.882 bits per heavy atom. The van der Waals surface area contributed by atoms with Crippen LogP contribution in [0.3, 0.4) is 0 Å². The van der Waals surface area contributed by atoms with Crippen LogP contribution in [0.5, 0.6) is 0 Å². The van der Waals surface area contributed by atoms with Crippen LogP contribution >= 0.6 is 0 Å². The number of ketones is 1. The highest BCUT2D eigenvalue weighted by Crippen LogP contribution is 2.49. The predicted molar refractivity (Wildman–Crippen MR) is 148 cm³/mol. The summed E-state index contributed by atoms with van der Waals surface area (Å²) < 4.78 is 13.9. The van der Waals surface area contributed by atoms with Crippen LogP contribution in [-0.2, 0) is 13.6 Å². The number of carbonyl (C=O) groups excluding carboxylic acids is 1. The first kappa shape index (κ1) is 28.2. The van der Waals surface area contributed by atoms with E-state index < -0.39 is 16.6 Å². The van der Waals surface area contributed by atoms with E-state index in [4.69, 9.17) is 8.85 Å². The Bertz CT molecular complexity index is 787. The zero-order valence-corrected chi connectivity index (χ0v) is 25.8. The lowest BCUT2D eigenvalue weighted by molar-refractivity contribution is -0.121. The maximum Gasteiger partial charge on any atom is 0.193 e. The molecule has 2 unspecified atom stereocenters. The number of Topliss-reactive ketones (excluding diaryl/α,β-unsaturated/α-hetero) is 1. The van der Waals surface area contributed by atoms with Crippen molar-refractivity contribution < 1.29 is 13.6 Å². The molecule has 0 amide bonds. The van der Waals surface area contributed by atoms with E-state index >= 15 is 0 Å². The molecular weight excluding hydrogens is 452 g/mol. The van der Waals surface area contributed by atoms with Gasteiger partial charge in [-0.05, 0) is 73.8 Å². The van der Waals surface area contributed by atoms with Crippen molar-refractivity contribution in [3.63, 3.8) is 0 Å². The minimum Gasteiger partial charge on any atom is -0.413 e. The second-order valence-corrected chi connectivity index (χ2v) is 24.0. The van der Waals surface area contributed by atoms with Gasteiger partial charge in [-0.2, -0.15) is 0 Å². The van der Waals surface area contributed by atoms with Gasteiger partial charge in [0.15, 0.2) is 16.6 Å². The van der Waals surface area contributed by atoms with Crippen LogP contribution in [0.25, 0.3) is 0 Å². The molecule has 0 spiro atoms. The molecule has 5 atom stereocenters. The Morgan fingerprint density at radius 3 is 2.03 bits per heavy atom. The van der Waals surface area contributed by atoms with Crippen molar-refractivity contribution in [1.29, 1.82) is 0 Å². The first-order chi connectivity index (χ1) is 15.5. The molecule has 0 saturated heterocycles. The SMILES string of the molecule is CC(C)(C)[Si](C)(C)O[C@@H](C#C[C@@H]1C2CCC(=O)C2C[C@H]1O[Si](C)(C)C(C)(C)C)C1CCCCC1. The highest BCUT2D eigenvalue weighted by atomic mass is 28.4. The highest BCUT2D eigenvalue weighted by Gasteiger charge is 2.52. The second kappa shape index (κ2) is 10.2. The summed E-state index contributed by atoms with van der Waals surface area (Å²) in [6.45, 7) is 23.2. The molecule has 0 heterocycles. The fraction of sp³-hybridized carbons (Fsp3) is 0.897. The first-order valence-corrected chi connectivity index (χ1v) is 19.7. The summed E-state index contributed by atoms with van der Waals surface area (Å²) in [6.07, 6.45) is 9.08. The maximum absolute atomic E-state index is 12.7. The molecule has 194 valence electrons. The van der Waals surface area contributed by atoms with Crippen molar-refractivity contribution in [3.05, 3.63) is 0 Å². The predicted octanol–water partition coefficient (Wildman–Crippen LogP) is 7.97. The van der Waals surface area contributed by atoms with Gasteiger partial charge in [0.1, 0.15) is 11.9 Å². The van der Waals surface area contributed by atoms with Gasteiger partial charge in [0.25, 0.3) is 0 Å². The van der Waals surface area contributed by atoms with Gasteiger partial charge < -0.3 is 8.85 Å². The maximum atomic E-state index is 12.7. The minimum absolute atomic E-state index is 0.0193. The summed E-state index contributed by atoms with van der Waals surface area (Å²) in [4.78, 5) is 12.7. The number of fused-ring (bicyclic) bond motifs is 1. The molecule has 3 saturated carbocycles. The van der Waals surface area contributed by atoms with Gasteiger partial charge in [0.05, 0.1) is 6.10 Å². The molecule has 5 heteroatoms. The fourth-order valence-electron chi connectivity index (χ4n) is 5.57. The largest absolute Gasteiger partial charge is 0.413 e. The third kappa shape index (κ3) is 6.10. The summed E-state index contributed by atoms with van der Waals surface area (Å²) in [5.41, 5.74) is 0. The van der Waals surface area contributed by atoms with E-state index in [2.05, 4.69) is 79.6 Å². The number of hydrogen-bond acceptors (Lipinski definition) is 3. The molecule has 3 aliphatic rings. The standard InChI is InChI=1S/C29H52O3Si2/c1-28(2,3)33(7,8)31-26(21-14-12-11-13-15-21)19-17-23-22-16-18-25(30)24(22)20-27(23)32-34(9,10)29(4,5)6/h21-24,26-27H,11-16,18,20H2,1-10H3/t22?,23-,24?,26+,27-/m1/s1. The number of rotatable bonds is 5. The van der Waals surface area contributed by atoms with Gasteiger partial charge in [-0.3, -0.25) is 4.79 Å². The van der Waals surface area contributed by atoms with Crippen LogP contribution in [0.2, 0.25) is 36.3 Å². The van der Waals surface area contributed by atoms with Crippen LogP contribution in [0.4, 0.5) is 0 Å². The third-order valence-corrected chi connectivity index (χ3v) is 18.9. The monoisotopic (exact) mass is 504 g/mol. The summed E-state index contributed by atoms with van der Waals surface area (Å²) in [7, 11) is -3.86. The van der Waals surface area contributed by atoms with Crippen molar-refractivity contribution in [1.82, 2.24) is 0 Å². The Labute approximate surface area is 212 Å². The average molecular weight is 505 g/mol. The Kier molecular flexibility index (Phi) is 8.41. The molecule has 0 bridgehead atoms. The van der Waals surface area contributed by atoms with Gasteiger partial charge in [-0.25, -0.2) is 0 Å². The molecule has 3 rings (SSSR count). The molecule has 3 nitrogen and oxygen atoms in total. The van der Waals surface area contributed by atoms with Crippen LogP contribution in [0.15, 0.2) is 0 Å². The van der Waals surface area contributed by atoms with E-state index in [0.717, 1.165) is 19.3 Å². The van der Waals surface area contributed by atoms with E-state index in [1.165, 1.54) is 32.1 Å². The van der Waals surface area contributed by atoms with Crippen molar-refractivity contribution in [2.24, 2.45) is 23.7 Å². The van der Waals surface area contributed by atoms with Crippen molar-refractivity contribution in [2.45, 2.75) is 141 Å². The lowest BCUT2D eigenvalue weighted by Gasteiger charge is -2.41. The molecule has 0 radical (unpaired) electrons. The molecule has 0 aromatic carbocycles. The Hall–Kier alpha value is -0.416. The molecular formula is C29H52O3Si2. The second-order valence-electron chi connectivity index (χ2n) is 14.4. The lowest BCUT2D eigenvalue weighted by atomic mass is 9.85. The smallest absolute Gasteiger partial charge is 0.193 e. The van der Waals surface area contributed by atoms with Gasteiger partial charge in [0.2, 0.25) is 0 Å². The zero-order valence-electron chi connectivity index (χ0n) is 23.8. The van der Waals surface area contributed by atoms with Gasteiger partial charge in [0, 0.05) is 18.3 Å². The van der Waals surface area contributed by atoms with E-state index in [-0.39, 0.29) is 34.1 Å². The van der Waals surface area contributed by atoms with Gasteiger partial charge in [-0.15, -0.1) is 0 Å². The number of carbonyl (C=O) groups is 1. The van der Waals surface area contributed by atoms with Crippen molar-refractivity contribution >= 4 is 22.4 Å². The summed E-state index contributed by atoms with van der Waals surface area (Å²) in [6, 6.07) is 0. The van der Waals surface area contributed by atoms with E-state index in [0.29, 0.717) is 17.6 Å². The quantitative estimate of drug-likeness (QED) is 0.281. The highest BCUT2D eigenvalue weighted by molar-refractivity contribution is 6.74. The Morgan fingerprint density at radius 2 is 1.47 bits per heavy atom. The topological polar surface area (TPSA) is 35.5 Å². The molecule has 34 heavy (non-hydrogen) atoms. The van der Waals surface area contributed by atoms with Gasteiger partial charge >= 0.3 is 0 Å². The molecule has 3 aliphatic carbocycles. The molecule has 0 aliphatic heterocycles. The summed E-state index contributed by atoms with van der Waals surface area (Å²) in [5, 5.41) is 0.328. The van der Waals surface area contributed by atoms with E-state index in [1.807, 2.05) is 0 Å². The van der Waals surface area contributed by atoms with Crippen LogP contribution < -0.4 is 0 Å². The first-order valence-electron chi connectivity index (χ1n) is 13.9. The fourth-order valence-corrected chi connectivity index (χ4v) is 8.17. The van der Waals surface area contributed by atoms with Crippen LogP contribution in [-0.4, -0.2) is 34.6 Å². The minimum atomic E-state index is -1.94. The third-order valence-electron chi connectivity index (χ3n) is 9.95. The summed E-state index contributed by atoms with van der Waals surface area (Å²) in [5.74, 6) is 9.17. The van der Waals surface area contributed by atoms with E-state index in [1.54, 1.807) is 0 Å². The molecule has 0 aromatic rings. The van der Waals surface area contributed by atoms with Crippen molar-refractivity contribution in [3.8, 4) is 11.8 Å². The normalized spacial score (nSPS) is 30.1. The van der Waals surface area contributed by atoms with Crippen LogP contribution in [0, 0.1) is 35.5 Å². The van der Waals surface area contributed by atoms with E-state index in [9.17, 15) is 4.79 Å². The zero-order chi connectivity index (χ0) is 25.5. The average Bonchev–Trinajstić information content (AvgIpc) is 3.23. The van der Waals surface area contributed by atoms with Gasteiger partial charge in [-0.1, -0.05) is 72.6 Å². The molecule has 0 aromatic heterocycles. The number of hydrogen-bond donors (Lipinski definition) is 0.